The Morgan fingerprint density at radius 3 is 2.62 bits per heavy atom. The second kappa shape index (κ2) is 9.11. The molecule has 0 atom stereocenters. The van der Waals surface area contributed by atoms with E-state index < -0.39 is 6.03 Å². The van der Waals surface area contributed by atoms with Gasteiger partial charge >= 0.3 is 6.03 Å². The van der Waals surface area contributed by atoms with Crippen LogP contribution in [0.2, 0.25) is 5.02 Å². The quantitative estimate of drug-likeness (QED) is 0.440. The van der Waals surface area contributed by atoms with Gasteiger partial charge < -0.3 is 15.4 Å². The zero-order chi connectivity index (χ0) is 22.7. The fourth-order valence-electron chi connectivity index (χ4n) is 3.23. The van der Waals surface area contributed by atoms with E-state index >= 15 is 0 Å². The highest BCUT2D eigenvalue weighted by molar-refractivity contribution is 6.33. The van der Waals surface area contributed by atoms with Crippen molar-refractivity contribution in [2.45, 2.75) is 20.5 Å². The van der Waals surface area contributed by atoms with Crippen LogP contribution in [0.1, 0.15) is 16.8 Å². The molecule has 4 aromatic rings. The molecule has 7 nitrogen and oxygen atoms in total. The van der Waals surface area contributed by atoms with Crippen molar-refractivity contribution >= 4 is 34.7 Å². The topological polar surface area (TPSA) is 84.7 Å². The highest BCUT2D eigenvalue weighted by atomic mass is 35.5. The Hall–Kier alpha value is -3.84. The minimum atomic E-state index is -0.454. The van der Waals surface area contributed by atoms with Crippen LogP contribution in [-0.2, 0) is 6.61 Å². The van der Waals surface area contributed by atoms with Crippen molar-refractivity contribution < 1.29 is 9.53 Å². The number of nitrogens with zero attached hydrogens (tertiary/aromatic N) is 2. The molecule has 162 valence electrons. The number of fused-ring (bicyclic) bond motifs is 1. The largest absolute Gasteiger partial charge is 0.485 e. The molecule has 0 radical (unpaired) electrons. The van der Waals surface area contributed by atoms with Gasteiger partial charge in [-0.25, -0.2) is 9.78 Å². The second-order valence-electron chi connectivity index (χ2n) is 7.32. The van der Waals surface area contributed by atoms with E-state index in [9.17, 15) is 9.59 Å². The summed E-state index contributed by atoms with van der Waals surface area (Å²) in [5.41, 5.74) is 3.76. The number of hydrogen-bond donors (Lipinski definition) is 2. The predicted molar refractivity (Wildman–Crippen MR) is 126 cm³/mol. The molecule has 0 unspecified atom stereocenters. The third-order valence-electron chi connectivity index (χ3n) is 4.82. The number of carbonyl (C=O) groups excluding carboxylic acids is 1. The molecule has 0 aliphatic heterocycles. The molecule has 0 saturated carbocycles. The molecule has 4 rings (SSSR count). The van der Waals surface area contributed by atoms with Gasteiger partial charge in [0.25, 0.3) is 5.56 Å². The van der Waals surface area contributed by atoms with Gasteiger partial charge in [0, 0.05) is 12.3 Å². The van der Waals surface area contributed by atoms with E-state index in [1.54, 1.807) is 48.7 Å². The minimum Gasteiger partial charge on any atom is -0.485 e. The van der Waals surface area contributed by atoms with Crippen molar-refractivity contribution in [1.82, 2.24) is 9.38 Å². The lowest BCUT2D eigenvalue weighted by Gasteiger charge is -2.14. The van der Waals surface area contributed by atoms with Crippen LogP contribution in [0.25, 0.3) is 5.65 Å². The van der Waals surface area contributed by atoms with Crippen molar-refractivity contribution in [2.24, 2.45) is 0 Å². The molecule has 0 bridgehead atoms. The summed E-state index contributed by atoms with van der Waals surface area (Å²) < 4.78 is 7.37. The Morgan fingerprint density at radius 1 is 1.03 bits per heavy atom. The van der Waals surface area contributed by atoms with Gasteiger partial charge in [0.1, 0.15) is 18.0 Å². The number of ether oxygens (including phenoxy) is 1. The third-order valence-corrected chi connectivity index (χ3v) is 5.14. The molecular formula is C24H21ClN4O3. The number of aromatic nitrogens is 2. The smallest absolute Gasteiger partial charge is 0.323 e. The van der Waals surface area contributed by atoms with E-state index in [4.69, 9.17) is 16.3 Å². The minimum absolute atomic E-state index is 0.0736. The summed E-state index contributed by atoms with van der Waals surface area (Å²) in [7, 11) is 0. The molecule has 32 heavy (non-hydrogen) atoms. The lowest BCUT2D eigenvalue weighted by Crippen LogP contribution is -2.20. The zero-order valence-corrected chi connectivity index (χ0v) is 18.3. The number of hydrogen-bond acceptors (Lipinski definition) is 4. The monoisotopic (exact) mass is 448 g/mol. The zero-order valence-electron chi connectivity index (χ0n) is 17.6. The Labute approximate surface area is 189 Å². The maximum Gasteiger partial charge on any atom is 0.323 e. The highest BCUT2D eigenvalue weighted by Gasteiger charge is 2.11. The van der Waals surface area contributed by atoms with Crippen molar-refractivity contribution in [1.29, 1.82) is 0 Å². The predicted octanol–water partition coefficient (Wildman–Crippen LogP) is 5.19. The van der Waals surface area contributed by atoms with Crippen LogP contribution in [0, 0.1) is 13.8 Å². The van der Waals surface area contributed by atoms with Crippen LogP contribution >= 0.6 is 11.6 Å². The molecule has 0 aliphatic rings. The first kappa shape index (κ1) is 21.4. The van der Waals surface area contributed by atoms with Gasteiger partial charge in [0.2, 0.25) is 0 Å². The van der Waals surface area contributed by atoms with Gasteiger partial charge in [-0.3, -0.25) is 9.20 Å². The number of pyridine rings is 1. The van der Waals surface area contributed by atoms with Crippen molar-refractivity contribution in [3.8, 4) is 5.75 Å². The average molecular weight is 449 g/mol. The van der Waals surface area contributed by atoms with Gasteiger partial charge in [-0.2, -0.15) is 0 Å². The molecule has 8 heteroatoms. The summed E-state index contributed by atoms with van der Waals surface area (Å²) >= 11 is 6.19. The molecular weight excluding hydrogens is 428 g/mol. The van der Waals surface area contributed by atoms with E-state index in [0.29, 0.717) is 33.5 Å². The number of para-hydroxylation sites is 2. The Kier molecular flexibility index (Phi) is 6.09. The fourth-order valence-corrected chi connectivity index (χ4v) is 3.51. The van der Waals surface area contributed by atoms with Gasteiger partial charge in [0.15, 0.2) is 0 Å². The first-order chi connectivity index (χ1) is 15.4. The Bertz CT molecular complexity index is 1370. The van der Waals surface area contributed by atoms with Crippen LogP contribution in [0.4, 0.5) is 16.2 Å². The normalized spacial score (nSPS) is 10.7. The molecule has 0 aliphatic carbocycles. The number of nitrogens with one attached hydrogen (secondary N) is 2. The summed E-state index contributed by atoms with van der Waals surface area (Å²) in [5, 5.41) is 5.95. The number of anilines is 2. The van der Waals surface area contributed by atoms with Crippen LogP contribution in [0.15, 0.2) is 71.7 Å². The van der Waals surface area contributed by atoms with E-state index in [0.717, 1.165) is 11.1 Å². The second-order valence-corrected chi connectivity index (χ2v) is 7.72. The standard InChI is InChI=1S/C24H21ClN4O3/c1-15-9-10-19(18(25)12-15)27-24(31)28-20-7-3-4-8-21(20)32-14-17-13-22(30)29-11-5-6-16(2)23(29)26-17/h3-13H,14H2,1-2H3,(H2,27,28,31). The highest BCUT2D eigenvalue weighted by Crippen LogP contribution is 2.26. The molecule has 2 amide bonds. The molecule has 0 fully saturated rings. The van der Waals surface area contributed by atoms with E-state index in [1.165, 1.54) is 10.5 Å². The lowest BCUT2D eigenvalue weighted by molar-refractivity contribution is 0.261. The molecule has 2 N–H and O–H groups in total. The molecule has 2 heterocycles. The van der Waals surface area contributed by atoms with Crippen LogP contribution in [-0.4, -0.2) is 15.4 Å². The number of carbonyl (C=O) groups is 1. The number of benzene rings is 2. The van der Waals surface area contributed by atoms with E-state index in [1.807, 2.05) is 26.0 Å². The summed E-state index contributed by atoms with van der Waals surface area (Å²) in [6, 6.07) is 17.1. The van der Waals surface area contributed by atoms with Crippen molar-refractivity contribution in [2.75, 3.05) is 10.6 Å². The van der Waals surface area contributed by atoms with Crippen molar-refractivity contribution in [3.63, 3.8) is 0 Å². The number of urea groups is 1. The molecule has 0 saturated heterocycles. The van der Waals surface area contributed by atoms with Gasteiger partial charge in [-0.05, 0) is 55.3 Å². The van der Waals surface area contributed by atoms with E-state index in [-0.39, 0.29) is 12.2 Å². The molecule has 2 aromatic heterocycles. The van der Waals surface area contributed by atoms with Crippen LogP contribution in [0.3, 0.4) is 0 Å². The number of rotatable bonds is 5. The van der Waals surface area contributed by atoms with Gasteiger partial charge in [0.05, 0.1) is 22.1 Å². The average Bonchev–Trinajstić information content (AvgIpc) is 2.76. The van der Waals surface area contributed by atoms with E-state index in [2.05, 4.69) is 15.6 Å². The van der Waals surface area contributed by atoms with Crippen LogP contribution in [0.5, 0.6) is 5.75 Å². The van der Waals surface area contributed by atoms with Crippen molar-refractivity contribution in [3.05, 3.63) is 99.1 Å². The van der Waals surface area contributed by atoms with Gasteiger partial charge in [-0.1, -0.05) is 35.9 Å². The SMILES string of the molecule is Cc1ccc(NC(=O)Nc2ccccc2OCc2cc(=O)n3cccc(C)c3n2)c(Cl)c1. The summed E-state index contributed by atoms with van der Waals surface area (Å²) in [6.45, 7) is 3.89. The summed E-state index contributed by atoms with van der Waals surface area (Å²) in [5.74, 6) is 0.449. The third kappa shape index (κ3) is 4.73. The van der Waals surface area contributed by atoms with Crippen LogP contribution < -0.4 is 20.9 Å². The maximum absolute atomic E-state index is 12.5. The molecule has 2 aromatic carbocycles. The Morgan fingerprint density at radius 2 is 1.81 bits per heavy atom. The first-order valence-corrected chi connectivity index (χ1v) is 10.3. The maximum atomic E-state index is 12.5. The van der Waals surface area contributed by atoms with Gasteiger partial charge in [-0.15, -0.1) is 0 Å². The summed E-state index contributed by atoms with van der Waals surface area (Å²) in [6.07, 6.45) is 1.68. The lowest BCUT2D eigenvalue weighted by atomic mass is 10.2. The summed E-state index contributed by atoms with van der Waals surface area (Å²) in [4.78, 5) is 29.4. The number of halogens is 1. The Balaban J connectivity index is 1.49. The number of amides is 2. The fraction of sp³-hybridized carbons (Fsp3) is 0.125. The number of aryl methyl sites for hydroxylation is 2. The molecule has 0 spiro atoms. The first-order valence-electron chi connectivity index (χ1n) is 9.94.